The number of amides is 1. The second-order valence-electron chi connectivity index (χ2n) is 6.44. The molecular weight excluding hydrogens is 380 g/mol. The first-order valence-corrected chi connectivity index (χ1v) is 9.63. The van der Waals surface area contributed by atoms with Crippen molar-refractivity contribution in [1.29, 1.82) is 0 Å². The molecule has 0 spiro atoms. The number of hydrogen-bond acceptors (Lipinski definition) is 7. The third-order valence-electron chi connectivity index (χ3n) is 4.62. The van der Waals surface area contributed by atoms with Gasteiger partial charge in [0.2, 0.25) is 5.82 Å². The topological polar surface area (TPSA) is 117 Å². The zero-order chi connectivity index (χ0) is 19.7. The number of ether oxygens (including phenoxy) is 1. The minimum absolute atomic E-state index is 0.0115. The van der Waals surface area contributed by atoms with Gasteiger partial charge in [-0.05, 0) is 55.0 Å². The van der Waals surface area contributed by atoms with Crippen LogP contribution in [0.2, 0.25) is 0 Å². The van der Waals surface area contributed by atoms with Crippen molar-refractivity contribution >= 4 is 33.7 Å². The first kappa shape index (κ1) is 18.2. The van der Waals surface area contributed by atoms with Crippen molar-refractivity contribution in [2.24, 2.45) is 5.10 Å². The Balaban J connectivity index is 1.55. The van der Waals surface area contributed by atoms with E-state index in [2.05, 4.69) is 20.5 Å². The smallest absolute Gasteiger partial charge is 0.307 e. The Labute approximate surface area is 163 Å². The number of nitrogens with zero attached hydrogens (tertiary/aromatic N) is 2. The first-order chi connectivity index (χ1) is 13.6. The highest BCUT2D eigenvalue weighted by Crippen LogP contribution is 2.33. The molecule has 0 bridgehead atoms. The van der Waals surface area contributed by atoms with E-state index < -0.39 is 5.91 Å². The normalized spacial score (nSPS) is 13.6. The molecule has 9 heteroatoms. The van der Waals surface area contributed by atoms with E-state index in [4.69, 9.17) is 4.74 Å². The van der Waals surface area contributed by atoms with Crippen LogP contribution >= 0.6 is 11.3 Å². The van der Waals surface area contributed by atoms with Crippen LogP contribution in [0.4, 0.5) is 0 Å². The minimum atomic E-state index is -0.604. The molecule has 3 N–H and O–H groups in total. The van der Waals surface area contributed by atoms with Gasteiger partial charge in [-0.1, -0.05) is 0 Å². The number of phenols is 1. The van der Waals surface area contributed by atoms with Gasteiger partial charge in [-0.3, -0.25) is 9.59 Å². The van der Waals surface area contributed by atoms with Gasteiger partial charge in [0.15, 0.2) is 11.5 Å². The van der Waals surface area contributed by atoms with Crippen LogP contribution in [0.5, 0.6) is 11.5 Å². The Hall–Kier alpha value is -3.20. The average Bonchev–Trinajstić information content (AvgIpc) is 3.08. The summed E-state index contributed by atoms with van der Waals surface area (Å²) in [7, 11) is 1.44. The van der Waals surface area contributed by atoms with E-state index in [1.165, 1.54) is 35.6 Å². The summed E-state index contributed by atoms with van der Waals surface area (Å²) < 4.78 is 5.02. The quantitative estimate of drug-likeness (QED) is 0.461. The predicted octanol–water partition coefficient (Wildman–Crippen LogP) is 2.34. The van der Waals surface area contributed by atoms with Gasteiger partial charge in [0, 0.05) is 4.88 Å². The number of benzene rings is 1. The molecular formula is C19H18N4O4S. The number of methoxy groups -OCH3 is 1. The zero-order valence-corrected chi connectivity index (χ0v) is 15.9. The largest absolute Gasteiger partial charge is 0.504 e. The maximum atomic E-state index is 12.5. The molecule has 8 nitrogen and oxygen atoms in total. The Kier molecular flexibility index (Phi) is 4.82. The highest BCUT2D eigenvalue weighted by atomic mass is 32.1. The second-order valence-corrected chi connectivity index (χ2v) is 7.52. The van der Waals surface area contributed by atoms with Gasteiger partial charge in [-0.25, -0.2) is 10.4 Å². The molecule has 2 aromatic heterocycles. The number of carbonyl (C=O) groups is 1. The third-order valence-corrected chi connectivity index (χ3v) is 5.81. The Morgan fingerprint density at radius 3 is 3.04 bits per heavy atom. The summed E-state index contributed by atoms with van der Waals surface area (Å²) >= 11 is 1.48. The van der Waals surface area contributed by atoms with E-state index in [1.807, 2.05) is 0 Å². The molecule has 0 fully saturated rings. The summed E-state index contributed by atoms with van der Waals surface area (Å²) in [6, 6.07) is 4.66. The van der Waals surface area contributed by atoms with Gasteiger partial charge in [0.1, 0.15) is 4.83 Å². The lowest BCUT2D eigenvalue weighted by atomic mass is 9.97. The average molecular weight is 398 g/mol. The SMILES string of the molecule is COc1cc(/C=N\NC(=O)c2nc3sc4c(c3c(=O)[nH]2)CCCC4)ccc1O. The summed E-state index contributed by atoms with van der Waals surface area (Å²) in [6.07, 6.45) is 5.42. The molecule has 2 heterocycles. The van der Waals surface area contributed by atoms with Crippen molar-refractivity contribution in [1.82, 2.24) is 15.4 Å². The van der Waals surface area contributed by atoms with Crippen LogP contribution in [-0.2, 0) is 12.8 Å². The van der Waals surface area contributed by atoms with Gasteiger partial charge in [0.05, 0.1) is 18.7 Å². The molecule has 0 saturated carbocycles. The molecule has 0 atom stereocenters. The lowest BCUT2D eigenvalue weighted by Crippen LogP contribution is -2.24. The van der Waals surface area contributed by atoms with Gasteiger partial charge in [-0.15, -0.1) is 11.3 Å². The highest BCUT2D eigenvalue weighted by molar-refractivity contribution is 7.18. The van der Waals surface area contributed by atoms with E-state index in [0.717, 1.165) is 31.2 Å². The third kappa shape index (κ3) is 3.36. The van der Waals surface area contributed by atoms with Crippen LogP contribution in [-0.4, -0.2) is 34.3 Å². The highest BCUT2D eigenvalue weighted by Gasteiger charge is 2.21. The van der Waals surface area contributed by atoms with E-state index in [1.54, 1.807) is 12.1 Å². The fourth-order valence-corrected chi connectivity index (χ4v) is 4.53. The molecule has 3 aromatic rings. The lowest BCUT2D eigenvalue weighted by molar-refractivity contribution is 0.0945. The van der Waals surface area contributed by atoms with E-state index >= 15 is 0 Å². The van der Waals surface area contributed by atoms with Crippen molar-refractivity contribution in [3.8, 4) is 11.5 Å². The van der Waals surface area contributed by atoms with Crippen LogP contribution in [0.15, 0.2) is 28.1 Å². The maximum absolute atomic E-state index is 12.5. The number of rotatable bonds is 4. The van der Waals surface area contributed by atoms with Crippen LogP contribution in [0.3, 0.4) is 0 Å². The summed E-state index contributed by atoms with van der Waals surface area (Å²) in [5.74, 6) is -0.366. The molecule has 0 aliphatic heterocycles. The Morgan fingerprint density at radius 1 is 1.39 bits per heavy atom. The van der Waals surface area contributed by atoms with Gasteiger partial charge >= 0.3 is 5.91 Å². The Bertz CT molecular complexity index is 1150. The first-order valence-electron chi connectivity index (χ1n) is 8.82. The van der Waals surface area contributed by atoms with Crippen molar-refractivity contribution in [2.45, 2.75) is 25.7 Å². The van der Waals surface area contributed by atoms with Crippen LogP contribution in [0, 0.1) is 0 Å². The van der Waals surface area contributed by atoms with Crippen molar-refractivity contribution in [2.75, 3.05) is 7.11 Å². The summed E-state index contributed by atoms with van der Waals surface area (Å²) in [4.78, 5) is 33.5. The molecule has 1 aliphatic rings. The van der Waals surface area contributed by atoms with Crippen LogP contribution < -0.4 is 15.7 Å². The van der Waals surface area contributed by atoms with E-state index in [0.29, 0.717) is 21.5 Å². The summed E-state index contributed by atoms with van der Waals surface area (Å²) in [5, 5.41) is 14.1. The van der Waals surface area contributed by atoms with Crippen LogP contribution in [0.25, 0.3) is 10.2 Å². The number of aromatic hydroxyl groups is 1. The molecule has 28 heavy (non-hydrogen) atoms. The molecule has 144 valence electrons. The summed E-state index contributed by atoms with van der Waals surface area (Å²) in [6.45, 7) is 0. The summed E-state index contributed by atoms with van der Waals surface area (Å²) in [5.41, 5.74) is 3.76. The molecule has 0 saturated heterocycles. The van der Waals surface area contributed by atoms with Gasteiger partial charge < -0.3 is 14.8 Å². The van der Waals surface area contributed by atoms with Crippen LogP contribution in [0.1, 0.15) is 39.5 Å². The standard InChI is InChI=1S/C19H18N4O4S/c1-27-13-8-10(6-7-12(13)24)9-20-23-18(26)16-21-17(25)15-11-4-2-3-5-14(11)28-19(15)22-16/h6-9,24H,2-5H2,1H3,(H,23,26)(H,21,22,25)/b20-9-. The molecule has 0 radical (unpaired) electrons. The van der Waals surface area contributed by atoms with Crippen molar-refractivity contribution in [3.05, 3.63) is 50.4 Å². The molecule has 1 aliphatic carbocycles. The number of aryl methyl sites for hydroxylation is 2. The minimum Gasteiger partial charge on any atom is -0.504 e. The number of thiophene rings is 1. The number of hydrogen-bond donors (Lipinski definition) is 3. The number of nitrogens with one attached hydrogen (secondary N) is 2. The van der Waals surface area contributed by atoms with Crippen molar-refractivity contribution in [3.63, 3.8) is 0 Å². The van der Waals surface area contributed by atoms with E-state index in [9.17, 15) is 14.7 Å². The predicted molar refractivity (Wildman–Crippen MR) is 107 cm³/mol. The Morgan fingerprint density at radius 2 is 2.21 bits per heavy atom. The molecule has 0 unspecified atom stereocenters. The number of fused-ring (bicyclic) bond motifs is 3. The monoisotopic (exact) mass is 398 g/mol. The van der Waals surface area contributed by atoms with Gasteiger partial charge in [-0.2, -0.15) is 5.10 Å². The number of hydrazone groups is 1. The van der Waals surface area contributed by atoms with E-state index in [-0.39, 0.29) is 17.1 Å². The number of aromatic amines is 1. The molecule has 1 amide bonds. The number of carbonyl (C=O) groups excluding carboxylic acids is 1. The number of aromatic nitrogens is 2. The molecule has 4 rings (SSSR count). The fourth-order valence-electron chi connectivity index (χ4n) is 3.26. The lowest BCUT2D eigenvalue weighted by Gasteiger charge is -2.09. The number of H-pyrrole nitrogens is 1. The second kappa shape index (κ2) is 7.43. The number of phenolic OH excluding ortho intramolecular Hbond substituents is 1. The maximum Gasteiger partial charge on any atom is 0.307 e. The van der Waals surface area contributed by atoms with Crippen molar-refractivity contribution < 1.29 is 14.6 Å². The molecule has 1 aromatic carbocycles. The van der Waals surface area contributed by atoms with Gasteiger partial charge in [0.25, 0.3) is 5.56 Å². The zero-order valence-electron chi connectivity index (χ0n) is 15.1. The fraction of sp³-hybridized carbons (Fsp3) is 0.263.